The number of halogens is 5. The van der Waals surface area contributed by atoms with Crippen molar-refractivity contribution < 1.29 is 17.9 Å². The fraction of sp³-hybridized carbons (Fsp3) is 0.333. The number of alkyl halides is 3. The zero-order valence-electron chi connectivity index (χ0n) is 7.89. The molecule has 0 saturated carbocycles. The summed E-state index contributed by atoms with van der Waals surface area (Å²) in [5.41, 5.74) is 4.97. The van der Waals surface area contributed by atoms with Crippen LogP contribution in [-0.2, 0) is 0 Å². The summed E-state index contributed by atoms with van der Waals surface area (Å²) in [5.74, 6) is -0.0983. The highest BCUT2D eigenvalue weighted by Gasteiger charge is 2.41. The van der Waals surface area contributed by atoms with Crippen molar-refractivity contribution in [3.8, 4) is 5.75 Å². The molecule has 0 saturated heterocycles. The van der Waals surface area contributed by atoms with Crippen LogP contribution in [0.1, 0.15) is 0 Å². The molecule has 0 bridgehead atoms. The predicted molar refractivity (Wildman–Crippen MR) is 56.0 cm³/mol. The highest BCUT2D eigenvalue weighted by Crippen LogP contribution is 2.31. The van der Waals surface area contributed by atoms with E-state index >= 15 is 0 Å². The lowest BCUT2D eigenvalue weighted by Crippen LogP contribution is -2.40. The maximum Gasteiger partial charge on any atom is 0.426 e. The third-order valence-electron chi connectivity index (χ3n) is 1.74. The SMILES string of the molecule is NCC(Oc1ccc(Cl)cc1Cl)C(F)(F)F. The standard InChI is InChI=1S/C9H8Cl2F3NO/c10-5-1-2-7(6(11)3-5)16-8(4-15)9(12,13)14/h1-3,8H,4,15H2. The van der Waals surface area contributed by atoms with Crippen LogP contribution in [-0.4, -0.2) is 18.8 Å². The second-order valence-corrected chi connectivity index (χ2v) is 3.80. The van der Waals surface area contributed by atoms with E-state index in [0.717, 1.165) is 0 Å². The second kappa shape index (κ2) is 5.12. The van der Waals surface area contributed by atoms with E-state index in [0.29, 0.717) is 5.02 Å². The van der Waals surface area contributed by atoms with Gasteiger partial charge in [0.25, 0.3) is 0 Å². The summed E-state index contributed by atoms with van der Waals surface area (Å²) in [4.78, 5) is 0. The first-order valence-corrected chi connectivity index (χ1v) is 4.98. The molecule has 1 aromatic rings. The summed E-state index contributed by atoms with van der Waals surface area (Å²) in [6.45, 7) is -0.678. The van der Waals surface area contributed by atoms with E-state index in [-0.39, 0.29) is 10.8 Å². The average molecular weight is 274 g/mol. The van der Waals surface area contributed by atoms with Gasteiger partial charge in [-0.05, 0) is 18.2 Å². The van der Waals surface area contributed by atoms with Gasteiger partial charge in [0.1, 0.15) is 5.75 Å². The molecule has 2 nitrogen and oxygen atoms in total. The summed E-state index contributed by atoms with van der Waals surface area (Å²) in [7, 11) is 0. The van der Waals surface area contributed by atoms with Gasteiger partial charge in [0, 0.05) is 11.6 Å². The van der Waals surface area contributed by atoms with Crippen LogP contribution in [0.5, 0.6) is 5.75 Å². The lowest BCUT2D eigenvalue weighted by Gasteiger charge is -2.20. The Bertz CT molecular complexity index is 370. The number of benzene rings is 1. The number of nitrogens with two attached hydrogens (primary N) is 1. The largest absolute Gasteiger partial charge is 0.478 e. The minimum absolute atomic E-state index is 0.00944. The summed E-state index contributed by atoms with van der Waals surface area (Å²) in [5, 5.41) is 0.323. The molecule has 0 aliphatic carbocycles. The number of rotatable bonds is 3. The van der Waals surface area contributed by atoms with Gasteiger partial charge < -0.3 is 10.5 Å². The Labute approximate surface area is 100 Å². The first-order valence-electron chi connectivity index (χ1n) is 4.23. The molecular weight excluding hydrogens is 266 g/mol. The minimum atomic E-state index is -4.53. The monoisotopic (exact) mass is 273 g/mol. The van der Waals surface area contributed by atoms with E-state index in [9.17, 15) is 13.2 Å². The molecule has 0 aliphatic rings. The molecule has 0 radical (unpaired) electrons. The van der Waals surface area contributed by atoms with Crippen LogP contribution in [0.3, 0.4) is 0 Å². The van der Waals surface area contributed by atoms with Crippen LogP contribution < -0.4 is 10.5 Å². The summed E-state index contributed by atoms with van der Waals surface area (Å²) in [6, 6.07) is 3.94. The zero-order valence-corrected chi connectivity index (χ0v) is 9.40. The molecule has 1 aromatic carbocycles. The number of hydrogen-bond acceptors (Lipinski definition) is 2. The van der Waals surface area contributed by atoms with Crippen molar-refractivity contribution in [1.29, 1.82) is 0 Å². The maximum absolute atomic E-state index is 12.3. The van der Waals surface area contributed by atoms with Crippen molar-refractivity contribution in [2.45, 2.75) is 12.3 Å². The normalized spacial score (nSPS) is 13.6. The molecule has 16 heavy (non-hydrogen) atoms. The van der Waals surface area contributed by atoms with E-state index in [1.807, 2.05) is 0 Å². The quantitative estimate of drug-likeness (QED) is 0.918. The Hall–Kier alpha value is -0.650. The summed E-state index contributed by atoms with van der Waals surface area (Å²) < 4.78 is 41.7. The Morgan fingerprint density at radius 1 is 1.31 bits per heavy atom. The van der Waals surface area contributed by atoms with E-state index < -0.39 is 18.8 Å². The molecule has 2 N–H and O–H groups in total. The predicted octanol–water partition coefficient (Wildman–Crippen LogP) is 3.26. The van der Waals surface area contributed by atoms with Crippen molar-refractivity contribution in [2.24, 2.45) is 5.73 Å². The van der Waals surface area contributed by atoms with E-state index in [1.54, 1.807) is 0 Å². The lowest BCUT2D eigenvalue weighted by atomic mass is 10.3. The molecule has 7 heteroatoms. The average Bonchev–Trinajstić information content (AvgIpc) is 2.14. The Kier molecular flexibility index (Phi) is 4.29. The van der Waals surface area contributed by atoms with Crippen LogP contribution in [0.2, 0.25) is 10.0 Å². The van der Waals surface area contributed by atoms with E-state index in [4.69, 9.17) is 28.9 Å². The van der Waals surface area contributed by atoms with Crippen LogP contribution in [0.25, 0.3) is 0 Å². The Morgan fingerprint density at radius 2 is 1.94 bits per heavy atom. The van der Waals surface area contributed by atoms with Gasteiger partial charge in [0.05, 0.1) is 5.02 Å². The van der Waals surface area contributed by atoms with Crippen LogP contribution in [0.4, 0.5) is 13.2 Å². The fourth-order valence-corrected chi connectivity index (χ4v) is 1.43. The van der Waals surface area contributed by atoms with Gasteiger partial charge in [-0.2, -0.15) is 13.2 Å². The van der Waals surface area contributed by atoms with E-state index in [2.05, 4.69) is 4.74 Å². The summed E-state index contributed by atoms with van der Waals surface area (Å²) in [6.07, 6.45) is -6.61. The highest BCUT2D eigenvalue weighted by molar-refractivity contribution is 6.35. The first kappa shape index (κ1) is 13.4. The number of ether oxygens (including phenoxy) is 1. The molecule has 0 spiro atoms. The third kappa shape index (κ3) is 3.43. The van der Waals surface area contributed by atoms with Crippen LogP contribution in [0, 0.1) is 0 Å². The molecule has 1 rings (SSSR count). The second-order valence-electron chi connectivity index (χ2n) is 2.96. The molecule has 0 fully saturated rings. The molecular formula is C9H8Cl2F3NO. The smallest absolute Gasteiger partial charge is 0.426 e. The van der Waals surface area contributed by atoms with Crippen molar-refractivity contribution in [3.63, 3.8) is 0 Å². The third-order valence-corrected chi connectivity index (χ3v) is 2.27. The van der Waals surface area contributed by atoms with Gasteiger partial charge >= 0.3 is 6.18 Å². The van der Waals surface area contributed by atoms with Gasteiger partial charge in [-0.15, -0.1) is 0 Å². The molecule has 0 heterocycles. The topological polar surface area (TPSA) is 35.2 Å². The zero-order chi connectivity index (χ0) is 12.3. The van der Waals surface area contributed by atoms with Crippen molar-refractivity contribution in [3.05, 3.63) is 28.2 Å². The summed E-state index contributed by atoms with van der Waals surface area (Å²) >= 11 is 11.3. The highest BCUT2D eigenvalue weighted by atomic mass is 35.5. The Balaban J connectivity index is 2.86. The molecule has 1 atom stereocenters. The van der Waals surface area contributed by atoms with E-state index in [1.165, 1.54) is 18.2 Å². The van der Waals surface area contributed by atoms with Gasteiger partial charge in [0.2, 0.25) is 6.10 Å². The molecule has 90 valence electrons. The molecule has 0 aromatic heterocycles. The molecule has 1 unspecified atom stereocenters. The van der Waals surface area contributed by atoms with Gasteiger partial charge in [0.15, 0.2) is 0 Å². The van der Waals surface area contributed by atoms with Crippen molar-refractivity contribution in [1.82, 2.24) is 0 Å². The maximum atomic E-state index is 12.3. The Morgan fingerprint density at radius 3 is 2.38 bits per heavy atom. The van der Waals surface area contributed by atoms with Crippen LogP contribution >= 0.6 is 23.2 Å². The molecule has 0 amide bonds. The van der Waals surface area contributed by atoms with Crippen molar-refractivity contribution >= 4 is 23.2 Å². The molecule has 0 aliphatic heterocycles. The minimum Gasteiger partial charge on any atom is -0.478 e. The number of hydrogen-bond donors (Lipinski definition) is 1. The van der Waals surface area contributed by atoms with Gasteiger partial charge in [-0.25, -0.2) is 0 Å². The lowest BCUT2D eigenvalue weighted by molar-refractivity contribution is -0.191. The van der Waals surface area contributed by atoms with Gasteiger partial charge in [-0.1, -0.05) is 23.2 Å². The first-order chi connectivity index (χ1) is 7.34. The van der Waals surface area contributed by atoms with Crippen LogP contribution in [0.15, 0.2) is 18.2 Å². The fourth-order valence-electron chi connectivity index (χ4n) is 0.973. The van der Waals surface area contributed by atoms with Gasteiger partial charge in [-0.3, -0.25) is 0 Å². The van der Waals surface area contributed by atoms with Crippen molar-refractivity contribution in [2.75, 3.05) is 6.54 Å².